The van der Waals surface area contributed by atoms with Crippen molar-refractivity contribution in [1.82, 2.24) is 5.32 Å². The lowest BCUT2D eigenvalue weighted by Crippen LogP contribution is -2.13. The summed E-state index contributed by atoms with van der Waals surface area (Å²) in [6, 6.07) is 7.91. The van der Waals surface area contributed by atoms with Crippen LogP contribution in [0.25, 0.3) is 0 Å². The Morgan fingerprint density at radius 3 is 2.40 bits per heavy atom. The maximum Gasteiger partial charge on any atom is 0.130 e. The van der Waals surface area contributed by atoms with E-state index in [0.717, 1.165) is 6.07 Å². The fourth-order valence-electron chi connectivity index (χ4n) is 1.86. The molecule has 0 aliphatic carbocycles. The molecule has 0 saturated heterocycles. The zero-order valence-electron chi connectivity index (χ0n) is 12.0. The highest BCUT2D eigenvalue weighted by molar-refractivity contribution is 7.12. The van der Waals surface area contributed by atoms with Crippen LogP contribution in [0.1, 0.15) is 36.1 Å². The van der Waals surface area contributed by atoms with Crippen molar-refractivity contribution in [3.05, 3.63) is 57.3 Å². The van der Waals surface area contributed by atoms with Crippen molar-refractivity contribution >= 4 is 11.3 Å². The maximum atomic E-state index is 13.5. The van der Waals surface area contributed by atoms with E-state index in [-0.39, 0.29) is 5.41 Å². The molecule has 4 heteroatoms. The van der Waals surface area contributed by atoms with Gasteiger partial charge in [0.25, 0.3) is 0 Å². The summed E-state index contributed by atoms with van der Waals surface area (Å²) in [4.78, 5) is 2.56. The highest BCUT2D eigenvalue weighted by Gasteiger charge is 2.15. The normalized spacial score (nSPS) is 11.8. The zero-order valence-corrected chi connectivity index (χ0v) is 12.8. The summed E-state index contributed by atoms with van der Waals surface area (Å²) in [7, 11) is 0. The number of halogens is 2. The number of benzene rings is 1. The van der Waals surface area contributed by atoms with Crippen LogP contribution >= 0.6 is 11.3 Å². The Kier molecular flexibility index (Phi) is 4.55. The van der Waals surface area contributed by atoms with E-state index >= 15 is 0 Å². The average Bonchev–Trinajstić information content (AvgIpc) is 2.80. The molecule has 108 valence electrons. The molecule has 0 amide bonds. The van der Waals surface area contributed by atoms with Gasteiger partial charge in [-0.3, -0.25) is 0 Å². The quantitative estimate of drug-likeness (QED) is 0.868. The van der Waals surface area contributed by atoms with Gasteiger partial charge in [0.1, 0.15) is 11.6 Å². The number of thiophene rings is 1. The van der Waals surface area contributed by atoms with Crippen molar-refractivity contribution in [2.75, 3.05) is 0 Å². The van der Waals surface area contributed by atoms with E-state index in [0.29, 0.717) is 18.7 Å². The summed E-state index contributed by atoms with van der Waals surface area (Å²) >= 11 is 1.77. The van der Waals surface area contributed by atoms with Gasteiger partial charge in [0.05, 0.1) is 0 Å². The molecule has 0 fully saturated rings. The lowest BCUT2D eigenvalue weighted by Gasteiger charge is -2.15. The van der Waals surface area contributed by atoms with Crippen molar-refractivity contribution < 1.29 is 8.78 Å². The largest absolute Gasteiger partial charge is 0.308 e. The smallest absolute Gasteiger partial charge is 0.130 e. The minimum Gasteiger partial charge on any atom is -0.308 e. The van der Waals surface area contributed by atoms with Gasteiger partial charge in [0, 0.05) is 34.5 Å². The Labute approximate surface area is 122 Å². The van der Waals surface area contributed by atoms with Crippen LogP contribution in [0.5, 0.6) is 0 Å². The molecule has 0 saturated carbocycles. The fourth-order valence-corrected chi connectivity index (χ4v) is 2.90. The van der Waals surface area contributed by atoms with Crippen molar-refractivity contribution in [3.8, 4) is 0 Å². The number of rotatable bonds is 4. The Morgan fingerprint density at radius 1 is 1.05 bits per heavy atom. The van der Waals surface area contributed by atoms with Gasteiger partial charge in [-0.05, 0) is 23.6 Å². The van der Waals surface area contributed by atoms with E-state index in [4.69, 9.17) is 0 Å². The monoisotopic (exact) mass is 295 g/mol. The van der Waals surface area contributed by atoms with E-state index in [9.17, 15) is 8.78 Å². The molecular formula is C16H19F2NS. The molecule has 0 bridgehead atoms. The van der Waals surface area contributed by atoms with Gasteiger partial charge in [-0.1, -0.05) is 26.8 Å². The molecule has 1 aromatic heterocycles. The lowest BCUT2D eigenvalue weighted by molar-refractivity contribution is 0.560. The molecule has 0 spiro atoms. The van der Waals surface area contributed by atoms with Gasteiger partial charge in [0.15, 0.2) is 0 Å². The zero-order chi connectivity index (χ0) is 14.8. The predicted molar refractivity (Wildman–Crippen MR) is 79.9 cm³/mol. The van der Waals surface area contributed by atoms with Crippen molar-refractivity contribution in [3.63, 3.8) is 0 Å². The van der Waals surface area contributed by atoms with Crippen LogP contribution in [0.2, 0.25) is 0 Å². The molecule has 1 heterocycles. The maximum absolute atomic E-state index is 13.5. The standard InChI is InChI=1S/C16H19F2NS/c1-16(2,3)15-7-6-13(20-15)10-19-9-11-4-5-12(17)8-14(11)18/h4-8,19H,9-10H2,1-3H3. The molecular weight excluding hydrogens is 276 g/mol. The molecule has 0 aliphatic rings. The first kappa shape index (κ1) is 15.1. The van der Waals surface area contributed by atoms with Gasteiger partial charge < -0.3 is 5.32 Å². The second kappa shape index (κ2) is 6.02. The lowest BCUT2D eigenvalue weighted by atomic mass is 9.95. The third-order valence-corrected chi connectivity index (χ3v) is 4.54. The van der Waals surface area contributed by atoms with Crippen LogP contribution in [-0.4, -0.2) is 0 Å². The molecule has 1 aromatic carbocycles. The van der Waals surface area contributed by atoms with Crippen LogP contribution in [-0.2, 0) is 18.5 Å². The van der Waals surface area contributed by atoms with Crippen molar-refractivity contribution in [1.29, 1.82) is 0 Å². The van der Waals surface area contributed by atoms with Gasteiger partial charge in [-0.25, -0.2) is 8.78 Å². The topological polar surface area (TPSA) is 12.0 Å². The first-order valence-corrected chi connectivity index (χ1v) is 7.42. The molecule has 2 aromatic rings. The number of hydrogen-bond acceptors (Lipinski definition) is 2. The van der Waals surface area contributed by atoms with E-state index in [1.165, 1.54) is 21.9 Å². The highest BCUT2D eigenvalue weighted by Crippen LogP contribution is 2.29. The molecule has 2 rings (SSSR count). The van der Waals surface area contributed by atoms with Crippen molar-refractivity contribution in [2.45, 2.75) is 39.3 Å². The molecule has 0 aliphatic heterocycles. The van der Waals surface area contributed by atoms with E-state index in [2.05, 4.69) is 38.2 Å². The van der Waals surface area contributed by atoms with Crippen LogP contribution < -0.4 is 5.32 Å². The summed E-state index contributed by atoms with van der Waals surface area (Å²) in [5.74, 6) is -1.04. The Bertz CT molecular complexity index is 584. The summed E-state index contributed by atoms with van der Waals surface area (Å²) < 4.78 is 26.2. The Morgan fingerprint density at radius 2 is 1.80 bits per heavy atom. The first-order valence-electron chi connectivity index (χ1n) is 6.60. The van der Waals surface area contributed by atoms with Gasteiger partial charge in [0.2, 0.25) is 0 Å². The Hall–Kier alpha value is -1.26. The number of nitrogens with one attached hydrogen (secondary N) is 1. The second-order valence-corrected chi connectivity index (χ2v) is 7.02. The summed E-state index contributed by atoms with van der Waals surface area (Å²) in [5, 5.41) is 3.19. The molecule has 0 radical (unpaired) electrons. The summed E-state index contributed by atoms with van der Waals surface area (Å²) in [6.07, 6.45) is 0. The molecule has 1 N–H and O–H groups in total. The van der Waals surface area contributed by atoms with Gasteiger partial charge in [-0.2, -0.15) is 0 Å². The van der Waals surface area contributed by atoms with Crippen LogP contribution in [0.4, 0.5) is 8.78 Å². The first-order chi connectivity index (χ1) is 9.36. The van der Waals surface area contributed by atoms with E-state index < -0.39 is 11.6 Å². The minimum absolute atomic E-state index is 0.159. The third-order valence-electron chi connectivity index (χ3n) is 3.03. The predicted octanol–water partition coefficient (Wildman–Crippen LogP) is 4.61. The van der Waals surface area contributed by atoms with E-state index in [1.54, 1.807) is 11.3 Å². The fraction of sp³-hybridized carbons (Fsp3) is 0.375. The second-order valence-electron chi connectivity index (χ2n) is 5.86. The number of hydrogen-bond donors (Lipinski definition) is 1. The van der Waals surface area contributed by atoms with Gasteiger partial charge >= 0.3 is 0 Å². The molecule has 1 nitrogen and oxygen atoms in total. The highest BCUT2D eigenvalue weighted by atomic mass is 32.1. The van der Waals surface area contributed by atoms with Crippen LogP contribution in [0.3, 0.4) is 0 Å². The van der Waals surface area contributed by atoms with Gasteiger partial charge in [-0.15, -0.1) is 11.3 Å². The van der Waals surface area contributed by atoms with Crippen LogP contribution in [0, 0.1) is 11.6 Å². The summed E-state index contributed by atoms with van der Waals surface area (Å²) in [6.45, 7) is 7.64. The summed E-state index contributed by atoms with van der Waals surface area (Å²) in [5.41, 5.74) is 0.644. The molecule has 0 atom stereocenters. The third kappa shape index (κ3) is 3.87. The molecule has 0 unspecified atom stereocenters. The SMILES string of the molecule is CC(C)(C)c1ccc(CNCc2ccc(F)cc2F)s1. The average molecular weight is 295 g/mol. The van der Waals surface area contributed by atoms with Crippen LogP contribution in [0.15, 0.2) is 30.3 Å². The molecule has 20 heavy (non-hydrogen) atoms. The minimum atomic E-state index is -0.542. The van der Waals surface area contributed by atoms with E-state index in [1.807, 2.05) is 0 Å². The Balaban J connectivity index is 1.91. The van der Waals surface area contributed by atoms with Crippen molar-refractivity contribution in [2.24, 2.45) is 0 Å².